The first kappa shape index (κ1) is 46.1. The maximum Gasteiger partial charge on any atom is 0.264 e. The van der Waals surface area contributed by atoms with Crippen LogP contribution in [0.25, 0.3) is 10.9 Å². The average Bonchev–Trinajstić information content (AvgIpc) is 3.84. The molecule has 4 heterocycles. The second-order valence-electron chi connectivity index (χ2n) is 17.3. The van der Waals surface area contributed by atoms with Crippen LogP contribution in [-0.4, -0.2) is 142 Å². The third-order valence-corrected chi connectivity index (χ3v) is 12.9. The average molecular weight is 902 g/mol. The molecule has 1 aromatic heterocycles. The Morgan fingerprint density at radius 2 is 1.53 bits per heavy atom. The lowest BCUT2D eigenvalue weighted by Gasteiger charge is -2.39. The van der Waals surface area contributed by atoms with Gasteiger partial charge in [0.1, 0.15) is 6.04 Å². The van der Waals surface area contributed by atoms with Crippen LogP contribution in [0.15, 0.2) is 48.5 Å². The summed E-state index contributed by atoms with van der Waals surface area (Å²) in [7, 11) is 0. The number of piperidine rings is 1. The topological polar surface area (TPSA) is 213 Å². The van der Waals surface area contributed by atoms with E-state index < -0.39 is 35.1 Å². The number of nitrogens with zero attached hydrogens (tertiary/aromatic N) is 4. The fourth-order valence-electron chi connectivity index (χ4n) is 9.35. The minimum atomic E-state index is -1.03. The Morgan fingerprint density at radius 3 is 2.21 bits per heavy atom. The van der Waals surface area contributed by atoms with Gasteiger partial charge in [-0.15, -0.1) is 0 Å². The maximum absolute atomic E-state index is 14.1. The Morgan fingerprint density at radius 1 is 0.833 bits per heavy atom. The van der Waals surface area contributed by atoms with E-state index in [0.717, 1.165) is 50.3 Å². The van der Waals surface area contributed by atoms with Gasteiger partial charge in [-0.2, -0.15) is 5.26 Å². The largest absolute Gasteiger partial charge is 0.382 e. The highest BCUT2D eigenvalue weighted by Gasteiger charge is 2.46. The van der Waals surface area contributed by atoms with E-state index in [1.54, 1.807) is 30.3 Å². The summed E-state index contributed by atoms with van der Waals surface area (Å²) in [6.45, 7) is 12.1. The number of carbonyl (C=O) groups is 6. The van der Waals surface area contributed by atoms with Gasteiger partial charge in [0.25, 0.3) is 11.8 Å². The van der Waals surface area contributed by atoms with Gasteiger partial charge in [0.05, 0.1) is 87.6 Å². The van der Waals surface area contributed by atoms with Crippen molar-refractivity contribution >= 4 is 57.6 Å². The van der Waals surface area contributed by atoms with Crippen LogP contribution in [-0.2, 0) is 45.2 Å². The highest BCUT2D eigenvalue weighted by Crippen LogP contribution is 2.46. The SMILES string of the molecule is CCc1cc2c(cc1N1CCN(C(=O)CCOCCOCCOCCOCCNc3cccc4c3C(=O)N(C3CCC(=O)NC3=O)C4=O)CC1)C(C)(C)c1[nH]c3cc(C#N)ccc3c1C2=O. The number of piperazine rings is 1. The first-order chi connectivity index (χ1) is 31.9. The molecule has 3 aliphatic heterocycles. The van der Waals surface area contributed by atoms with E-state index in [1.165, 1.54) is 0 Å². The summed E-state index contributed by atoms with van der Waals surface area (Å²) in [5.41, 5.74) is 7.15. The Bertz CT molecular complexity index is 2610. The van der Waals surface area contributed by atoms with E-state index in [0.29, 0.717) is 102 Å². The highest BCUT2D eigenvalue weighted by atomic mass is 16.6. The van der Waals surface area contributed by atoms with Gasteiger partial charge in [0.15, 0.2) is 5.78 Å². The number of benzene rings is 3. The van der Waals surface area contributed by atoms with Gasteiger partial charge < -0.3 is 39.0 Å². The summed E-state index contributed by atoms with van der Waals surface area (Å²) in [4.78, 5) is 86.0. The van der Waals surface area contributed by atoms with Crippen molar-refractivity contribution in [1.82, 2.24) is 20.1 Å². The minimum Gasteiger partial charge on any atom is -0.382 e. The van der Waals surface area contributed by atoms with Crippen LogP contribution in [0.4, 0.5) is 11.4 Å². The normalized spacial score (nSPS) is 17.8. The van der Waals surface area contributed by atoms with Crippen molar-refractivity contribution in [2.45, 2.75) is 57.9 Å². The van der Waals surface area contributed by atoms with Crippen LogP contribution in [0.3, 0.4) is 0 Å². The summed E-state index contributed by atoms with van der Waals surface area (Å²) in [6.07, 6.45) is 1.19. The molecule has 4 aliphatic rings. The minimum absolute atomic E-state index is 0.00296. The van der Waals surface area contributed by atoms with Crippen LogP contribution >= 0.6 is 0 Å². The number of imide groups is 2. The van der Waals surface area contributed by atoms with Gasteiger partial charge in [-0.3, -0.25) is 39.0 Å². The Hall–Kier alpha value is -6.45. The number of hydrogen-bond donors (Lipinski definition) is 3. The third kappa shape index (κ3) is 9.19. The molecule has 0 bridgehead atoms. The first-order valence-corrected chi connectivity index (χ1v) is 22.6. The smallest absolute Gasteiger partial charge is 0.264 e. The lowest BCUT2D eigenvalue weighted by Crippen LogP contribution is -2.54. The number of nitrogens with one attached hydrogen (secondary N) is 3. The summed E-state index contributed by atoms with van der Waals surface area (Å²) in [6, 6.07) is 15.7. The summed E-state index contributed by atoms with van der Waals surface area (Å²) < 4.78 is 22.5. The number of aryl methyl sites for hydroxylation is 1. The zero-order valence-corrected chi connectivity index (χ0v) is 37.6. The maximum atomic E-state index is 14.1. The van der Waals surface area contributed by atoms with E-state index in [-0.39, 0.29) is 42.1 Å². The Labute approximate surface area is 382 Å². The molecule has 0 spiro atoms. The monoisotopic (exact) mass is 901 g/mol. The molecule has 0 saturated carbocycles. The van der Waals surface area contributed by atoms with Crippen LogP contribution in [0.2, 0.25) is 0 Å². The second kappa shape index (κ2) is 20.0. The zero-order valence-electron chi connectivity index (χ0n) is 37.6. The van der Waals surface area contributed by atoms with E-state index in [9.17, 15) is 34.0 Å². The van der Waals surface area contributed by atoms with Crippen molar-refractivity contribution in [2.75, 3.05) is 95.8 Å². The van der Waals surface area contributed by atoms with Crippen LogP contribution < -0.4 is 15.5 Å². The van der Waals surface area contributed by atoms with Crippen molar-refractivity contribution < 1.29 is 47.7 Å². The molecule has 3 N–H and O–H groups in total. The molecule has 66 heavy (non-hydrogen) atoms. The number of aromatic amines is 1. The lowest BCUT2D eigenvalue weighted by molar-refractivity contribution is -0.136. The molecule has 1 aliphatic carbocycles. The van der Waals surface area contributed by atoms with Gasteiger partial charge >= 0.3 is 0 Å². The molecule has 8 rings (SSSR count). The molecule has 2 fully saturated rings. The van der Waals surface area contributed by atoms with Crippen LogP contribution in [0.5, 0.6) is 0 Å². The number of ether oxygens (including phenoxy) is 4. The molecule has 17 heteroatoms. The number of rotatable bonds is 19. The number of H-pyrrole nitrogens is 1. The molecule has 5 amide bonds. The molecule has 346 valence electrons. The molecule has 0 radical (unpaired) electrons. The van der Waals surface area contributed by atoms with E-state index >= 15 is 0 Å². The second-order valence-corrected chi connectivity index (χ2v) is 17.3. The Kier molecular flexibility index (Phi) is 13.9. The summed E-state index contributed by atoms with van der Waals surface area (Å²) in [5, 5.41) is 15.6. The fourth-order valence-corrected chi connectivity index (χ4v) is 9.35. The molecule has 4 aromatic rings. The zero-order chi connectivity index (χ0) is 46.5. The number of hydrogen-bond acceptors (Lipinski definition) is 13. The number of anilines is 2. The quantitative estimate of drug-likeness (QED) is 0.0895. The van der Waals surface area contributed by atoms with Gasteiger partial charge in [-0.25, -0.2) is 0 Å². The van der Waals surface area contributed by atoms with Crippen molar-refractivity contribution in [1.29, 1.82) is 5.26 Å². The third-order valence-electron chi connectivity index (χ3n) is 12.9. The van der Waals surface area contributed by atoms with Gasteiger partial charge in [0.2, 0.25) is 17.7 Å². The number of nitriles is 1. The highest BCUT2D eigenvalue weighted by molar-refractivity contribution is 6.25. The summed E-state index contributed by atoms with van der Waals surface area (Å²) >= 11 is 0. The Balaban J connectivity index is 0.681. The number of fused-ring (bicyclic) bond motifs is 5. The first-order valence-electron chi connectivity index (χ1n) is 22.6. The molecule has 2 saturated heterocycles. The van der Waals surface area contributed by atoms with Crippen LogP contribution in [0, 0.1) is 11.3 Å². The number of aromatic nitrogens is 1. The van der Waals surface area contributed by atoms with E-state index in [2.05, 4.69) is 59.5 Å². The van der Waals surface area contributed by atoms with Crippen molar-refractivity contribution in [3.63, 3.8) is 0 Å². The number of carbonyl (C=O) groups excluding carboxylic acids is 6. The van der Waals surface area contributed by atoms with E-state index in [1.807, 2.05) is 11.0 Å². The standard InChI is InChI=1S/C49H55N7O10/c1-4-31-27-34-35(49(2,3)45-43(44(34)59)32-9-8-30(29-50)26-37(32)52-45)28-39(31)54-14-16-55(17-15-54)41(58)12-18-63-20-22-65-24-25-66-23-21-64-19-13-51-36-7-5-6-33-42(36)48(62)56(47(33)61)38-10-11-40(57)53-46(38)60/h5-9,26-28,38,51-52H,4,10-25H2,1-3H3,(H,53,57,60). The number of amides is 5. The molecule has 1 atom stereocenters. The van der Waals surface area contributed by atoms with E-state index in [4.69, 9.17) is 18.9 Å². The van der Waals surface area contributed by atoms with Crippen molar-refractivity contribution in [3.8, 4) is 6.07 Å². The number of ketones is 1. The van der Waals surface area contributed by atoms with Crippen LogP contribution in [0.1, 0.15) is 99.1 Å². The lowest BCUT2D eigenvalue weighted by atomic mass is 9.70. The van der Waals surface area contributed by atoms with Gasteiger partial charge in [-0.05, 0) is 60.4 Å². The molecular weight excluding hydrogens is 847 g/mol. The predicted molar refractivity (Wildman–Crippen MR) is 243 cm³/mol. The molecule has 3 aromatic carbocycles. The molecule has 1 unspecified atom stereocenters. The van der Waals surface area contributed by atoms with Crippen molar-refractivity contribution in [2.24, 2.45) is 0 Å². The summed E-state index contributed by atoms with van der Waals surface area (Å²) in [5.74, 6) is -2.16. The fraction of sp³-hybridized carbons (Fsp3) is 0.449. The molecule has 17 nitrogen and oxygen atoms in total. The van der Waals surface area contributed by atoms with Gasteiger partial charge in [0, 0.05) is 78.1 Å². The van der Waals surface area contributed by atoms with Crippen molar-refractivity contribution in [3.05, 3.63) is 93.2 Å². The predicted octanol–water partition coefficient (Wildman–Crippen LogP) is 4.09. The molecular formula is C49H55N7O10. The van der Waals surface area contributed by atoms with Gasteiger partial charge in [-0.1, -0.05) is 32.9 Å².